The Morgan fingerprint density at radius 1 is 1.29 bits per heavy atom. The van der Waals surface area contributed by atoms with Gasteiger partial charge in [-0.25, -0.2) is 0 Å². The van der Waals surface area contributed by atoms with E-state index in [-0.39, 0.29) is 11.8 Å². The smallest absolute Gasteiger partial charge is 0.227 e. The first kappa shape index (κ1) is 15.5. The molecule has 1 aliphatic rings. The maximum absolute atomic E-state index is 12.3. The summed E-state index contributed by atoms with van der Waals surface area (Å²) in [4.78, 5) is 25.2. The van der Waals surface area contributed by atoms with E-state index in [1.165, 1.54) is 6.92 Å². The Bertz CT molecular complexity index is 499. The molecule has 1 fully saturated rings. The highest BCUT2D eigenvalue weighted by atomic mass is 16.2. The van der Waals surface area contributed by atoms with E-state index in [2.05, 4.69) is 10.6 Å². The molecule has 2 N–H and O–H groups in total. The van der Waals surface area contributed by atoms with E-state index in [1.54, 1.807) is 0 Å². The Hall–Kier alpha value is -1.88. The van der Waals surface area contributed by atoms with Gasteiger partial charge in [0.05, 0.1) is 6.42 Å². The third kappa shape index (κ3) is 4.56. The summed E-state index contributed by atoms with van der Waals surface area (Å²) >= 11 is 0. The third-order valence-electron chi connectivity index (χ3n) is 3.81. The van der Waals surface area contributed by atoms with Crippen LogP contribution in [-0.2, 0) is 16.0 Å². The molecule has 114 valence electrons. The molecule has 0 aromatic heterocycles. The molecule has 2 amide bonds. The predicted octanol–water partition coefficient (Wildman–Crippen LogP) is 1.40. The van der Waals surface area contributed by atoms with Gasteiger partial charge in [-0.05, 0) is 37.6 Å². The van der Waals surface area contributed by atoms with Gasteiger partial charge in [-0.15, -0.1) is 0 Å². The van der Waals surface area contributed by atoms with Crippen LogP contribution in [0.3, 0.4) is 0 Å². The van der Waals surface area contributed by atoms with Crippen molar-refractivity contribution >= 4 is 17.5 Å². The lowest BCUT2D eigenvalue weighted by atomic mass is 10.0. The number of likely N-dealkylation sites (N-methyl/N-ethyl adjacent to an activating group) is 1. The fraction of sp³-hybridized carbons (Fsp3) is 0.500. The van der Waals surface area contributed by atoms with E-state index in [0.717, 1.165) is 37.2 Å². The topological polar surface area (TPSA) is 61.4 Å². The van der Waals surface area contributed by atoms with Crippen LogP contribution in [0, 0.1) is 0 Å². The lowest BCUT2D eigenvalue weighted by Gasteiger charge is -2.32. The summed E-state index contributed by atoms with van der Waals surface area (Å²) < 4.78 is 0. The summed E-state index contributed by atoms with van der Waals surface area (Å²) in [5.74, 6) is 0.0764. The quantitative estimate of drug-likeness (QED) is 0.881. The van der Waals surface area contributed by atoms with E-state index in [1.807, 2.05) is 36.2 Å². The molecule has 0 radical (unpaired) electrons. The fourth-order valence-corrected chi connectivity index (χ4v) is 2.63. The van der Waals surface area contributed by atoms with Crippen molar-refractivity contribution < 1.29 is 9.59 Å². The summed E-state index contributed by atoms with van der Waals surface area (Å²) in [6.45, 7) is 3.12. The molecular formula is C16H23N3O2. The van der Waals surface area contributed by atoms with E-state index in [0.29, 0.717) is 12.5 Å². The highest BCUT2D eigenvalue weighted by molar-refractivity contribution is 5.88. The molecule has 1 atom stereocenters. The van der Waals surface area contributed by atoms with Crippen molar-refractivity contribution in [2.75, 3.05) is 25.5 Å². The normalized spacial score (nSPS) is 18.4. The summed E-state index contributed by atoms with van der Waals surface area (Å²) in [6.07, 6.45) is 2.60. The van der Waals surface area contributed by atoms with Crippen molar-refractivity contribution in [1.82, 2.24) is 10.2 Å². The van der Waals surface area contributed by atoms with Crippen molar-refractivity contribution in [1.29, 1.82) is 0 Å². The first-order chi connectivity index (χ1) is 10.1. The number of benzene rings is 1. The average molecular weight is 289 g/mol. The fourth-order valence-electron chi connectivity index (χ4n) is 2.63. The molecule has 2 rings (SSSR count). The Morgan fingerprint density at radius 2 is 2.00 bits per heavy atom. The number of amides is 2. The van der Waals surface area contributed by atoms with Gasteiger partial charge in [-0.3, -0.25) is 9.59 Å². The standard InChI is InChI=1S/C16H23N3O2/c1-12(20)18-14-7-5-13(6-8-14)10-16(21)19-9-3-4-15(11-19)17-2/h5-8,15,17H,3-4,9-11H2,1-2H3,(H,18,20). The maximum Gasteiger partial charge on any atom is 0.227 e. The van der Waals surface area contributed by atoms with E-state index >= 15 is 0 Å². The minimum Gasteiger partial charge on any atom is -0.341 e. The van der Waals surface area contributed by atoms with E-state index < -0.39 is 0 Å². The number of nitrogens with zero attached hydrogens (tertiary/aromatic N) is 1. The number of nitrogens with one attached hydrogen (secondary N) is 2. The van der Waals surface area contributed by atoms with Crippen molar-refractivity contribution in [3.05, 3.63) is 29.8 Å². The summed E-state index contributed by atoms with van der Waals surface area (Å²) in [5.41, 5.74) is 1.73. The van der Waals surface area contributed by atoms with Gasteiger partial charge in [-0.1, -0.05) is 12.1 Å². The number of likely N-dealkylation sites (tertiary alicyclic amines) is 1. The van der Waals surface area contributed by atoms with Gasteiger partial charge in [0.25, 0.3) is 0 Å². The van der Waals surface area contributed by atoms with Crippen LogP contribution < -0.4 is 10.6 Å². The first-order valence-electron chi connectivity index (χ1n) is 7.40. The summed E-state index contributed by atoms with van der Waals surface area (Å²) in [5, 5.41) is 5.96. The highest BCUT2D eigenvalue weighted by Gasteiger charge is 2.22. The third-order valence-corrected chi connectivity index (χ3v) is 3.81. The summed E-state index contributed by atoms with van der Waals surface area (Å²) in [7, 11) is 1.94. The van der Waals surface area contributed by atoms with Crippen LogP contribution in [0.15, 0.2) is 24.3 Å². The van der Waals surface area contributed by atoms with Gasteiger partial charge in [0.15, 0.2) is 0 Å². The monoisotopic (exact) mass is 289 g/mol. The van der Waals surface area contributed by atoms with Crippen LogP contribution in [0.4, 0.5) is 5.69 Å². The van der Waals surface area contributed by atoms with Crippen molar-refractivity contribution in [2.45, 2.75) is 32.2 Å². The zero-order valence-electron chi connectivity index (χ0n) is 12.7. The molecule has 1 saturated heterocycles. The van der Waals surface area contributed by atoms with Gasteiger partial charge in [0, 0.05) is 31.7 Å². The largest absolute Gasteiger partial charge is 0.341 e. The molecular weight excluding hydrogens is 266 g/mol. The van der Waals surface area contributed by atoms with Crippen LogP contribution in [0.25, 0.3) is 0 Å². The zero-order chi connectivity index (χ0) is 15.2. The first-order valence-corrected chi connectivity index (χ1v) is 7.40. The number of carbonyl (C=O) groups excluding carboxylic acids is 2. The van der Waals surface area contributed by atoms with Crippen molar-refractivity contribution in [3.8, 4) is 0 Å². The Kier molecular flexibility index (Phi) is 5.33. The minimum absolute atomic E-state index is 0.0924. The molecule has 1 aromatic rings. The van der Waals surface area contributed by atoms with Crippen LogP contribution in [0.1, 0.15) is 25.3 Å². The van der Waals surface area contributed by atoms with Gasteiger partial charge >= 0.3 is 0 Å². The molecule has 1 heterocycles. The van der Waals surface area contributed by atoms with Crippen LogP contribution in [0.5, 0.6) is 0 Å². The molecule has 5 heteroatoms. The molecule has 0 aliphatic carbocycles. The van der Waals surface area contributed by atoms with Gasteiger partial charge < -0.3 is 15.5 Å². The lowest BCUT2D eigenvalue weighted by molar-refractivity contribution is -0.131. The zero-order valence-corrected chi connectivity index (χ0v) is 12.7. The second-order valence-electron chi connectivity index (χ2n) is 5.52. The second-order valence-corrected chi connectivity index (χ2v) is 5.52. The number of anilines is 1. The van der Waals surface area contributed by atoms with E-state index in [4.69, 9.17) is 0 Å². The Labute approximate surface area is 125 Å². The Morgan fingerprint density at radius 3 is 2.62 bits per heavy atom. The van der Waals surface area contributed by atoms with Gasteiger partial charge in [0.1, 0.15) is 0 Å². The van der Waals surface area contributed by atoms with Crippen molar-refractivity contribution in [3.63, 3.8) is 0 Å². The van der Waals surface area contributed by atoms with E-state index in [9.17, 15) is 9.59 Å². The van der Waals surface area contributed by atoms with Crippen LogP contribution in [0.2, 0.25) is 0 Å². The van der Waals surface area contributed by atoms with Crippen LogP contribution in [-0.4, -0.2) is 42.9 Å². The maximum atomic E-state index is 12.3. The SMILES string of the molecule is CNC1CCCN(C(=O)Cc2ccc(NC(C)=O)cc2)C1. The molecule has 0 spiro atoms. The highest BCUT2D eigenvalue weighted by Crippen LogP contribution is 2.14. The minimum atomic E-state index is -0.0924. The molecule has 0 bridgehead atoms. The van der Waals surface area contributed by atoms with Gasteiger partial charge in [0.2, 0.25) is 11.8 Å². The Balaban J connectivity index is 1.91. The number of piperidine rings is 1. The lowest BCUT2D eigenvalue weighted by Crippen LogP contribution is -2.47. The number of carbonyl (C=O) groups is 2. The molecule has 21 heavy (non-hydrogen) atoms. The number of hydrogen-bond donors (Lipinski definition) is 2. The number of hydrogen-bond acceptors (Lipinski definition) is 3. The average Bonchev–Trinajstić information content (AvgIpc) is 2.49. The summed E-state index contributed by atoms with van der Waals surface area (Å²) in [6, 6.07) is 7.85. The molecule has 5 nitrogen and oxygen atoms in total. The second kappa shape index (κ2) is 7.22. The molecule has 1 aromatic carbocycles. The molecule has 1 aliphatic heterocycles. The number of rotatable bonds is 4. The van der Waals surface area contributed by atoms with Gasteiger partial charge in [-0.2, -0.15) is 0 Å². The van der Waals surface area contributed by atoms with Crippen molar-refractivity contribution in [2.24, 2.45) is 0 Å². The van der Waals surface area contributed by atoms with Crippen LogP contribution >= 0.6 is 0 Å². The molecule has 0 saturated carbocycles. The molecule has 1 unspecified atom stereocenters. The predicted molar refractivity (Wildman–Crippen MR) is 83.1 cm³/mol.